The smallest absolute Gasteiger partial charge is 0.000718 e. The van der Waals surface area contributed by atoms with Crippen molar-refractivity contribution in [3.63, 3.8) is 0 Å². The highest BCUT2D eigenvalue weighted by Gasteiger charge is 2.24. The van der Waals surface area contributed by atoms with E-state index in [1.54, 1.807) is 0 Å². The van der Waals surface area contributed by atoms with Crippen molar-refractivity contribution in [2.75, 3.05) is 0 Å². The molecule has 0 heteroatoms. The number of rotatable bonds is 4. The molecule has 8 rings (SSSR count). The summed E-state index contributed by atoms with van der Waals surface area (Å²) >= 11 is 0. The fourth-order valence-corrected chi connectivity index (χ4v) is 7.54. The minimum Gasteiger partial charge on any atom is -0.0613 e. The molecule has 0 aromatic heterocycles. The van der Waals surface area contributed by atoms with Gasteiger partial charge in [0.25, 0.3) is 0 Å². The van der Waals surface area contributed by atoms with Gasteiger partial charge in [-0.25, -0.2) is 0 Å². The normalized spacial score (nSPS) is 12.9. The van der Waals surface area contributed by atoms with Gasteiger partial charge in [-0.05, 0) is 123 Å². The van der Waals surface area contributed by atoms with Crippen LogP contribution in [0.3, 0.4) is 0 Å². The van der Waals surface area contributed by atoms with Crippen molar-refractivity contribution >= 4 is 75.4 Å². The van der Waals surface area contributed by atoms with Crippen molar-refractivity contribution in [2.24, 2.45) is 0 Å². The zero-order chi connectivity index (χ0) is 24.3. The Labute approximate surface area is 211 Å². The van der Waals surface area contributed by atoms with E-state index in [0.29, 0.717) is 0 Å². The summed E-state index contributed by atoms with van der Waals surface area (Å²) in [5, 5.41) is 20.1. The maximum Gasteiger partial charge on any atom is -0.000718 e. The lowest BCUT2D eigenvalue weighted by Crippen LogP contribution is -1.93. The Balaban J connectivity index is 1.72. The van der Waals surface area contributed by atoms with E-state index in [9.17, 15) is 0 Å². The molecule has 0 aliphatic carbocycles. The van der Waals surface area contributed by atoms with E-state index < -0.39 is 0 Å². The van der Waals surface area contributed by atoms with Gasteiger partial charge in [0.2, 0.25) is 0 Å². The quantitative estimate of drug-likeness (QED) is 0.228. The lowest BCUT2D eigenvalue weighted by atomic mass is 9.88. The van der Waals surface area contributed by atoms with Crippen molar-refractivity contribution in [2.45, 2.75) is 53.4 Å². The molecule has 0 fully saturated rings. The largest absolute Gasteiger partial charge is 0.0613 e. The third-order valence-electron chi connectivity index (χ3n) is 9.26. The maximum atomic E-state index is 2.50. The molecule has 8 aromatic carbocycles. The highest BCUT2D eigenvalue weighted by Crippen LogP contribution is 2.53. The molecule has 0 amide bonds. The Morgan fingerprint density at radius 2 is 0.611 bits per heavy atom. The van der Waals surface area contributed by atoms with Crippen LogP contribution in [0, 0.1) is 0 Å². The third kappa shape index (κ3) is 2.27. The van der Waals surface area contributed by atoms with E-state index in [2.05, 4.69) is 88.4 Å². The predicted octanol–water partition coefficient (Wildman–Crippen LogP) is 10.3. The second-order valence-electron chi connectivity index (χ2n) is 10.7. The summed E-state index contributed by atoms with van der Waals surface area (Å²) in [7, 11) is 0. The monoisotopic (exact) mass is 462 g/mol. The average molecular weight is 463 g/mol. The summed E-state index contributed by atoms with van der Waals surface area (Å²) in [6.07, 6.45) is 4.33. The molecule has 8 aromatic rings. The van der Waals surface area contributed by atoms with Crippen LogP contribution in [0.4, 0.5) is 0 Å². The lowest BCUT2D eigenvalue weighted by molar-refractivity contribution is 1.04. The number of hydrogen-bond donors (Lipinski definition) is 0. The zero-order valence-electron chi connectivity index (χ0n) is 21.6. The Hall–Kier alpha value is -3.64. The summed E-state index contributed by atoms with van der Waals surface area (Å²) in [6, 6.07) is 24.4. The van der Waals surface area contributed by atoms with Crippen molar-refractivity contribution in [1.82, 2.24) is 0 Å². The maximum absolute atomic E-state index is 2.50. The number of fused-ring (bicyclic) bond motifs is 6. The van der Waals surface area contributed by atoms with E-state index in [4.69, 9.17) is 0 Å². The van der Waals surface area contributed by atoms with Gasteiger partial charge in [-0.1, -0.05) is 88.4 Å². The van der Waals surface area contributed by atoms with Crippen molar-refractivity contribution in [3.8, 4) is 0 Å². The topological polar surface area (TPSA) is 0 Å². The second-order valence-corrected chi connectivity index (χ2v) is 10.7. The molecule has 36 heavy (non-hydrogen) atoms. The molecule has 0 unspecified atom stereocenters. The first kappa shape index (κ1) is 20.5. The molecule has 174 valence electrons. The number of hydrogen-bond acceptors (Lipinski definition) is 0. The van der Waals surface area contributed by atoms with Gasteiger partial charge in [0, 0.05) is 0 Å². The number of aryl methyl sites for hydroxylation is 4. The van der Waals surface area contributed by atoms with Gasteiger partial charge >= 0.3 is 0 Å². The standard InChI is InChI=1S/C36H30/c1-5-19-15-28-24-11-9-23-10-12-25-29-16-20(6-2)22(8-4)18-31(29)27-14-13-26(30(28)17-21(19)7-3)35-33(24)32(23)34(25)36(27)35/h9-18H,5-8H2,1-4H3. The van der Waals surface area contributed by atoms with E-state index in [0.717, 1.165) is 25.7 Å². The molecule has 0 radical (unpaired) electrons. The van der Waals surface area contributed by atoms with Crippen molar-refractivity contribution < 1.29 is 0 Å². The fraction of sp³-hybridized carbons (Fsp3) is 0.222. The summed E-state index contributed by atoms with van der Waals surface area (Å²) in [4.78, 5) is 0. The van der Waals surface area contributed by atoms with Gasteiger partial charge in [-0.2, -0.15) is 0 Å². The van der Waals surface area contributed by atoms with Gasteiger partial charge in [0.05, 0.1) is 0 Å². The molecule has 0 saturated heterocycles. The molecular weight excluding hydrogens is 432 g/mol. The highest BCUT2D eigenvalue weighted by atomic mass is 14.3. The predicted molar refractivity (Wildman–Crippen MR) is 160 cm³/mol. The van der Waals surface area contributed by atoms with Gasteiger partial charge in [-0.15, -0.1) is 0 Å². The minimum atomic E-state index is 1.08. The average Bonchev–Trinajstić information content (AvgIpc) is 3.29. The molecule has 0 aliphatic heterocycles. The van der Waals surface area contributed by atoms with Gasteiger partial charge < -0.3 is 0 Å². The zero-order valence-corrected chi connectivity index (χ0v) is 21.6. The first-order valence-corrected chi connectivity index (χ1v) is 13.8. The Morgan fingerprint density at radius 3 is 0.917 bits per heavy atom. The van der Waals surface area contributed by atoms with Gasteiger partial charge in [-0.3, -0.25) is 0 Å². The van der Waals surface area contributed by atoms with Crippen LogP contribution in [0.1, 0.15) is 49.9 Å². The Kier molecular flexibility index (Phi) is 3.98. The van der Waals surface area contributed by atoms with Gasteiger partial charge in [0.15, 0.2) is 0 Å². The molecule has 0 N–H and O–H groups in total. The van der Waals surface area contributed by atoms with Crippen LogP contribution in [-0.4, -0.2) is 0 Å². The third-order valence-corrected chi connectivity index (χ3v) is 9.26. The molecular formula is C36H30. The van der Waals surface area contributed by atoms with Crippen molar-refractivity contribution in [3.05, 3.63) is 82.9 Å². The van der Waals surface area contributed by atoms with Crippen LogP contribution in [0.15, 0.2) is 60.7 Å². The van der Waals surface area contributed by atoms with Crippen LogP contribution in [0.25, 0.3) is 75.4 Å². The summed E-state index contributed by atoms with van der Waals surface area (Å²) in [6.45, 7) is 9.17. The molecule has 0 nitrogen and oxygen atoms in total. The van der Waals surface area contributed by atoms with Gasteiger partial charge in [0.1, 0.15) is 0 Å². The summed E-state index contributed by atoms with van der Waals surface area (Å²) in [5.74, 6) is 0. The Morgan fingerprint density at radius 1 is 0.333 bits per heavy atom. The lowest BCUT2D eigenvalue weighted by Gasteiger charge is -2.15. The summed E-state index contributed by atoms with van der Waals surface area (Å²) in [5.41, 5.74) is 5.97. The van der Waals surface area contributed by atoms with E-state index in [1.807, 2.05) is 0 Å². The van der Waals surface area contributed by atoms with Crippen LogP contribution in [-0.2, 0) is 25.7 Å². The molecule has 0 aliphatic rings. The minimum absolute atomic E-state index is 1.08. The fourth-order valence-electron chi connectivity index (χ4n) is 7.54. The second kappa shape index (κ2) is 6.98. The highest BCUT2D eigenvalue weighted by molar-refractivity contribution is 6.51. The summed E-state index contributed by atoms with van der Waals surface area (Å²) < 4.78 is 0. The van der Waals surface area contributed by atoms with E-state index in [-0.39, 0.29) is 0 Å². The number of benzene rings is 7. The van der Waals surface area contributed by atoms with E-state index >= 15 is 0 Å². The SMILES string of the molecule is CCc1cc2c(cc1CC)c1ccc3c4cc(CC)c(CC)cc4c4ccc5ccc2c2c5c4c3c12. The van der Waals surface area contributed by atoms with Crippen LogP contribution in [0.5, 0.6) is 0 Å². The van der Waals surface area contributed by atoms with Crippen LogP contribution < -0.4 is 0 Å². The van der Waals surface area contributed by atoms with E-state index in [1.165, 1.54) is 97.7 Å². The molecule has 0 saturated carbocycles. The molecule has 0 spiro atoms. The first-order valence-electron chi connectivity index (χ1n) is 13.8. The first-order chi connectivity index (χ1) is 17.7. The molecule has 0 heterocycles. The van der Waals surface area contributed by atoms with Crippen LogP contribution in [0.2, 0.25) is 0 Å². The molecule has 0 bridgehead atoms. The Bertz CT molecular complexity index is 1970. The van der Waals surface area contributed by atoms with Crippen molar-refractivity contribution in [1.29, 1.82) is 0 Å². The van der Waals surface area contributed by atoms with Crippen LogP contribution >= 0.6 is 0 Å². The molecule has 0 atom stereocenters.